The number of aromatic nitrogens is 1. The zero-order valence-electron chi connectivity index (χ0n) is 7.45. The normalized spacial score (nSPS) is 12.7. The average molecular weight is 245 g/mol. The van der Waals surface area contributed by atoms with Gasteiger partial charge < -0.3 is 5.43 Å². The lowest BCUT2D eigenvalue weighted by Crippen LogP contribution is -2.19. The van der Waals surface area contributed by atoms with Gasteiger partial charge in [0.1, 0.15) is 5.69 Å². The molecule has 0 radical (unpaired) electrons. The standard InChI is InChI=1S/C7H5F6N3/c8-6(9,10)3-1-2-4(7(11,12)13)15-5(3)16-14/h1-2H,14H2,(H,15,16). The van der Waals surface area contributed by atoms with Crippen molar-refractivity contribution in [2.24, 2.45) is 5.84 Å². The molecule has 0 spiro atoms. The van der Waals surface area contributed by atoms with E-state index in [2.05, 4.69) is 10.8 Å². The summed E-state index contributed by atoms with van der Waals surface area (Å²) in [7, 11) is 0. The molecule has 0 aliphatic heterocycles. The number of rotatable bonds is 1. The molecule has 0 bridgehead atoms. The van der Waals surface area contributed by atoms with Crippen molar-refractivity contribution >= 4 is 5.82 Å². The first-order valence-corrected chi connectivity index (χ1v) is 3.78. The lowest BCUT2D eigenvalue weighted by molar-refractivity contribution is -0.143. The maximum absolute atomic E-state index is 12.2. The first-order valence-electron chi connectivity index (χ1n) is 3.78. The number of nitrogens with two attached hydrogens (primary N) is 1. The molecule has 0 fully saturated rings. The Bertz CT molecular complexity index is 383. The van der Waals surface area contributed by atoms with Crippen LogP contribution in [0.2, 0.25) is 0 Å². The van der Waals surface area contributed by atoms with Gasteiger partial charge in [0.15, 0.2) is 5.82 Å². The van der Waals surface area contributed by atoms with Gasteiger partial charge in [-0.1, -0.05) is 0 Å². The zero-order chi connectivity index (χ0) is 12.6. The molecule has 1 rings (SSSR count). The fourth-order valence-corrected chi connectivity index (χ4v) is 0.956. The van der Waals surface area contributed by atoms with E-state index in [9.17, 15) is 26.3 Å². The van der Waals surface area contributed by atoms with Gasteiger partial charge in [-0.15, -0.1) is 0 Å². The number of nitrogens with zero attached hydrogens (tertiary/aromatic N) is 1. The minimum Gasteiger partial charge on any atom is -0.308 e. The maximum atomic E-state index is 12.2. The Balaban J connectivity index is 3.28. The van der Waals surface area contributed by atoms with Gasteiger partial charge in [-0.2, -0.15) is 26.3 Å². The Morgan fingerprint density at radius 1 is 1.00 bits per heavy atom. The number of hydrazine groups is 1. The molecule has 1 aromatic rings. The molecule has 0 aliphatic rings. The summed E-state index contributed by atoms with van der Waals surface area (Å²) in [4.78, 5) is 2.75. The molecule has 9 heteroatoms. The minimum absolute atomic E-state index is 0.240. The largest absolute Gasteiger partial charge is 0.433 e. The van der Waals surface area contributed by atoms with Crippen LogP contribution in [-0.2, 0) is 12.4 Å². The van der Waals surface area contributed by atoms with Crippen LogP contribution in [0.1, 0.15) is 11.3 Å². The molecule has 0 unspecified atom stereocenters. The minimum atomic E-state index is -4.82. The van der Waals surface area contributed by atoms with Crippen LogP contribution in [0.25, 0.3) is 0 Å². The van der Waals surface area contributed by atoms with E-state index in [-0.39, 0.29) is 12.1 Å². The van der Waals surface area contributed by atoms with Crippen molar-refractivity contribution in [1.29, 1.82) is 0 Å². The Labute approximate surface area is 85.2 Å². The highest BCUT2D eigenvalue weighted by Gasteiger charge is 2.38. The fraction of sp³-hybridized carbons (Fsp3) is 0.286. The van der Waals surface area contributed by atoms with E-state index >= 15 is 0 Å². The number of hydrogen-bond acceptors (Lipinski definition) is 3. The van der Waals surface area contributed by atoms with Crippen molar-refractivity contribution in [3.63, 3.8) is 0 Å². The van der Waals surface area contributed by atoms with Gasteiger partial charge in [-0.3, -0.25) is 0 Å². The van der Waals surface area contributed by atoms with Gasteiger partial charge in [0.25, 0.3) is 0 Å². The van der Waals surface area contributed by atoms with Crippen molar-refractivity contribution in [2.75, 3.05) is 5.43 Å². The first kappa shape index (κ1) is 12.6. The van der Waals surface area contributed by atoms with E-state index in [0.29, 0.717) is 0 Å². The third-order valence-corrected chi connectivity index (χ3v) is 1.63. The molecule has 1 heterocycles. The molecule has 0 saturated carbocycles. The molecule has 0 saturated heterocycles. The molecule has 0 amide bonds. The number of pyridine rings is 1. The quantitative estimate of drug-likeness (QED) is 0.453. The number of anilines is 1. The molecule has 0 aliphatic carbocycles. The highest BCUT2D eigenvalue weighted by atomic mass is 19.4. The fourth-order valence-electron chi connectivity index (χ4n) is 0.956. The van der Waals surface area contributed by atoms with Crippen LogP contribution in [-0.4, -0.2) is 4.98 Å². The predicted molar refractivity (Wildman–Crippen MR) is 42.1 cm³/mol. The maximum Gasteiger partial charge on any atom is 0.433 e. The molecule has 3 nitrogen and oxygen atoms in total. The molecule has 3 N–H and O–H groups in total. The second kappa shape index (κ2) is 3.81. The highest BCUT2D eigenvalue weighted by Crippen LogP contribution is 2.36. The Hall–Kier alpha value is -1.51. The van der Waals surface area contributed by atoms with E-state index in [1.54, 1.807) is 0 Å². The van der Waals surface area contributed by atoms with E-state index in [4.69, 9.17) is 0 Å². The summed E-state index contributed by atoms with van der Waals surface area (Å²) in [6, 6.07) is 0.509. The van der Waals surface area contributed by atoms with Crippen molar-refractivity contribution in [2.45, 2.75) is 12.4 Å². The number of halogens is 6. The van der Waals surface area contributed by atoms with Crippen LogP contribution in [0, 0.1) is 0 Å². The third-order valence-electron chi connectivity index (χ3n) is 1.63. The molecular formula is C7H5F6N3. The Kier molecular flexibility index (Phi) is 2.99. The van der Waals surface area contributed by atoms with Crippen molar-refractivity contribution in [3.05, 3.63) is 23.4 Å². The number of hydrogen-bond donors (Lipinski definition) is 2. The molecule has 90 valence electrons. The third kappa shape index (κ3) is 2.54. The van der Waals surface area contributed by atoms with Crippen LogP contribution < -0.4 is 11.3 Å². The summed E-state index contributed by atoms with van der Waals surface area (Å²) >= 11 is 0. The van der Waals surface area contributed by atoms with Gasteiger partial charge in [-0.05, 0) is 12.1 Å². The highest BCUT2D eigenvalue weighted by molar-refractivity contribution is 5.46. The van der Waals surface area contributed by atoms with Crippen LogP contribution in [0.4, 0.5) is 32.2 Å². The van der Waals surface area contributed by atoms with Crippen molar-refractivity contribution in [1.82, 2.24) is 4.98 Å². The summed E-state index contributed by atoms with van der Waals surface area (Å²) < 4.78 is 73.1. The van der Waals surface area contributed by atoms with E-state index in [1.807, 2.05) is 0 Å². The van der Waals surface area contributed by atoms with E-state index < -0.39 is 29.4 Å². The summed E-state index contributed by atoms with van der Waals surface area (Å²) in [5.41, 5.74) is -1.33. The second-order valence-electron chi connectivity index (χ2n) is 2.73. The Morgan fingerprint density at radius 2 is 1.56 bits per heavy atom. The van der Waals surface area contributed by atoms with Crippen molar-refractivity contribution < 1.29 is 26.3 Å². The molecule has 1 aromatic heterocycles. The molecule has 0 aromatic carbocycles. The molecule has 0 atom stereocenters. The van der Waals surface area contributed by atoms with Crippen LogP contribution in [0.5, 0.6) is 0 Å². The van der Waals surface area contributed by atoms with Crippen LogP contribution >= 0.6 is 0 Å². The summed E-state index contributed by atoms with van der Waals surface area (Å²) in [5, 5.41) is 0. The average Bonchev–Trinajstić information content (AvgIpc) is 2.14. The topological polar surface area (TPSA) is 50.9 Å². The Morgan fingerprint density at radius 3 is 1.94 bits per heavy atom. The lowest BCUT2D eigenvalue weighted by atomic mass is 10.2. The number of nitrogen functional groups attached to an aromatic ring is 1. The SMILES string of the molecule is NNc1nc(C(F)(F)F)ccc1C(F)(F)F. The van der Waals surface area contributed by atoms with Gasteiger partial charge >= 0.3 is 12.4 Å². The lowest BCUT2D eigenvalue weighted by Gasteiger charge is -2.13. The van der Waals surface area contributed by atoms with Gasteiger partial charge in [0.05, 0.1) is 5.56 Å². The zero-order valence-corrected chi connectivity index (χ0v) is 7.45. The van der Waals surface area contributed by atoms with E-state index in [1.165, 1.54) is 5.43 Å². The van der Waals surface area contributed by atoms with Gasteiger partial charge in [0.2, 0.25) is 0 Å². The van der Waals surface area contributed by atoms with Crippen LogP contribution in [0.15, 0.2) is 12.1 Å². The number of alkyl halides is 6. The second-order valence-corrected chi connectivity index (χ2v) is 2.73. The summed E-state index contributed by atoms with van der Waals surface area (Å²) in [6.07, 6.45) is -9.64. The summed E-state index contributed by atoms with van der Waals surface area (Å²) in [6.45, 7) is 0. The molecular weight excluding hydrogens is 240 g/mol. The molecule has 16 heavy (non-hydrogen) atoms. The summed E-state index contributed by atoms with van der Waals surface area (Å²) in [5.74, 6) is 3.61. The number of nitrogens with one attached hydrogen (secondary N) is 1. The van der Waals surface area contributed by atoms with Crippen molar-refractivity contribution in [3.8, 4) is 0 Å². The first-order chi connectivity index (χ1) is 7.16. The van der Waals surface area contributed by atoms with E-state index in [0.717, 1.165) is 0 Å². The van der Waals surface area contributed by atoms with Gasteiger partial charge in [0, 0.05) is 0 Å². The monoisotopic (exact) mass is 245 g/mol. The van der Waals surface area contributed by atoms with Crippen LogP contribution in [0.3, 0.4) is 0 Å². The smallest absolute Gasteiger partial charge is 0.308 e. The predicted octanol–water partition coefficient (Wildman–Crippen LogP) is 2.40. The van der Waals surface area contributed by atoms with Gasteiger partial charge in [-0.25, -0.2) is 10.8 Å².